The van der Waals surface area contributed by atoms with Crippen LogP contribution in [-0.4, -0.2) is 5.11 Å². The Bertz CT molecular complexity index is 561. The first-order chi connectivity index (χ1) is 8.39. The molecule has 0 bridgehead atoms. The van der Waals surface area contributed by atoms with Gasteiger partial charge in [-0.2, -0.15) is 13.2 Å². The third kappa shape index (κ3) is 2.25. The van der Waals surface area contributed by atoms with E-state index in [1.807, 2.05) is 0 Å². The molecule has 0 amide bonds. The molecule has 3 N–H and O–H groups in total. The molecule has 0 heterocycles. The lowest BCUT2D eigenvalue weighted by molar-refractivity contribution is -0.137. The summed E-state index contributed by atoms with van der Waals surface area (Å²) >= 11 is 0. The molecule has 2 aromatic rings. The number of phenolic OH excluding ortho intramolecular Hbond substituents is 1. The van der Waals surface area contributed by atoms with Crippen LogP contribution >= 0.6 is 0 Å². The number of rotatable bonds is 1. The highest BCUT2D eigenvalue weighted by molar-refractivity contribution is 5.76. The maximum atomic E-state index is 12.4. The molecular weight excluding hydrogens is 243 g/mol. The Morgan fingerprint density at radius 2 is 1.56 bits per heavy atom. The fraction of sp³-hybridized carbons (Fsp3) is 0.0769. The lowest BCUT2D eigenvalue weighted by Gasteiger charge is -2.09. The predicted octanol–water partition coefficient (Wildman–Crippen LogP) is 3.66. The van der Waals surface area contributed by atoms with Crippen LogP contribution in [-0.2, 0) is 6.18 Å². The van der Waals surface area contributed by atoms with Crippen LogP contribution in [0, 0.1) is 0 Å². The largest absolute Gasteiger partial charge is 0.505 e. The number of phenols is 1. The van der Waals surface area contributed by atoms with Gasteiger partial charge in [-0.15, -0.1) is 0 Å². The van der Waals surface area contributed by atoms with Crippen molar-refractivity contribution in [2.24, 2.45) is 0 Å². The first-order valence-corrected chi connectivity index (χ1v) is 5.14. The molecule has 5 heteroatoms. The molecule has 0 radical (unpaired) electrons. The van der Waals surface area contributed by atoms with E-state index < -0.39 is 11.7 Å². The third-order valence-corrected chi connectivity index (χ3v) is 2.59. The van der Waals surface area contributed by atoms with Crippen LogP contribution in [0.2, 0.25) is 0 Å². The van der Waals surface area contributed by atoms with E-state index in [0.29, 0.717) is 11.1 Å². The van der Waals surface area contributed by atoms with E-state index in [-0.39, 0.29) is 11.4 Å². The number of hydrogen-bond donors (Lipinski definition) is 2. The molecule has 0 aliphatic carbocycles. The summed E-state index contributed by atoms with van der Waals surface area (Å²) < 4.78 is 37.2. The number of aromatic hydroxyl groups is 1. The zero-order valence-electron chi connectivity index (χ0n) is 9.20. The first kappa shape index (κ1) is 12.3. The van der Waals surface area contributed by atoms with Crippen LogP contribution in [0.4, 0.5) is 18.9 Å². The van der Waals surface area contributed by atoms with Crippen molar-refractivity contribution in [1.82, 2.24) is 0 Å². The van der Waals surface area contributed by atoms with E-state index in [4.69, 9.17) is 5.73 Å². The summed E-state index contributed by atoms with van der Waals surface area (Å²) in [5.74, 6) is -0.128. The van der Waals surface area contributed by atoms with Crippen molar-refractivity contribution in [3.63, 3.8) is 0 Å². The van der Waals surface area contributed by atoms with Crippen LogP contribution in [0.15, 0.2) is 42.5 Å². The average Bonchev–Trinajstić information content (AvgIpc) is 2.32. The summed E-state index contributed by atoms with van der Waals surface area (Å²) in [7, 11) is 0. The first-order valence-electron chi connectivity index (χ1n) is 5.14. The Hall–Kier alpha value is -2.17. The lowest BCUT2D eigenvalue weighted by Crippen LogP contribution is -2.04. The average molecular weight is 253 g/mol. The molecule has 0 spiro atoms. The number of hydrogen-bond acceptors (Lipinski definition) is 2. The van der Waals surface area contributed by atoms with Gasteiger partial charge in [0.1, 0.15) is 5.75 Å². The van der Waals surface area contributed by atoms with Crippen LogP contribution in [0.5, 0.6) is 5.75 Å². The van der Waals surface area contributed by atoms with Gasteiger partial charge in [0.15, 0.2) is 0 Å². The molecule has 0 atom stereocenters. The summed E-state index contributed by atoms with van der Waals surface area (Å²) in [6.07, 6.45) is -4.36. The molecule has 18 heavy (non-hydrogen) atoms. The normalized spacial score (nSPS) is 11.5. The highest BCUT2D eigenvalue weighted by atomic mass is 19.4. The van der Waals surface area contributed by atoms with E-state index in [0.717, 1.165) is 12.1 Å². The summed E-state index contributed by atoms with van der Waals surface area (Å²) in [4.78, 5) is 0. The van der Waals surface area contributed by atoms with Gasteiger partial charge in [0.05, 0.1) is 11.3 Å². The summed E-state index contributed by atoms with van der Waals surface area (Å²) in [5.41, 5.74) is 5.87. The van der Waals surface area contributed by atoms with Crippen molar-refractivity contribution in [3.05, 3.63) is 48.0 Å². The van der Waals surface area contributed by atoms with Gasteiger partial charge in [-0.3, -0.25) is 0 Å². The fourth-order valence-electron chi connectivity index (χ4n) is 1.63. The molecule has 0 unspecified atom stereocenters. The second-order valence-corrected chi connectivity index (χ2v) is 3.82. The summed E-state index contributed by atoms with van der Waals surface area (Å²) in [5, 5.41) is 9.73. The molecule has 2 aromatic carbocycles. The Morgan fingerprint density at radius 1 is 0.944 bits per heavy atom. The Balaban J connectivity index is 2.44. The van der Waals surface area contributed by atoms with E-state index in [1.165, 1.54) is 18.2 Å². The summed E-state index contributed by atoms with van der Waals surface area (Å²) in [6.45, 7) is 0. The fourth-order valence-corrected chi connectivity index (χ4v) is 1.63. The molecular formula is C13H10F3NO. The third-order valence-electron chi connectivity index (χ3n) is 2.59. The van der Waals surface area contributed by atoms with Crippen molar-refractivity contribution in [3.8, 4) is 16.9 Å². The van der Waals surface area contributed by atoms with Crippen molar-refractivity contribution >= 4 is 5.69 Å². The molecule has 0 aliphatic rings. The Labute approximate surface area is 101 Å². The second-order valence-electron chi connectivity index (χ2n) is 3.82. The highest BCUT2D eigenvalue weighted by Crippen LogP contribution is 2.35. The minimum absolute atomic E-state index is 0.128. The highest BCUT2D eigenvalue weighted by Gasteiger charge is 2.30. The van der Waals surface area contributed by atoms with Gasteiger partial charge in [-0.05, 0) is 23.8 Å². The molecule has 0 aliphatic heterocycles. The van der Waals surface area contributed by atoms with Gasteiger partial charge >= 0.3 is 6.18 Å². The summed E-state index contributed by atoms with van der Waals surface area (Å²) in [6, 6.07) is 9.28. The van der Waals surface area contributed by atoms with Gasteiger partial charge in [0.25, 0.3) is 0 Å². The zero-order chi connectivity index (χ0) is 13.3. The number of halogens is 3. The van der Waals surface area contributed by atoms with Gasteiger partial charge in [0.2, 0.25) is 0 Å². The molecule has 94 valence electrons. The van der Waals surface area contributed by atoms with Crippen LogP contribution in [0.1, 0.15) is 5.56 Å². The van der Waals surface area contributed by atoms with E-state index in [9.17, 15) is 18.3 Å². The Kier molecular flexibility index (Phi) is 2.90. The Morgan fingerprint density at radius 3 is 2.11 bits per heavy atom. The molecule has 0 saturated heterocycles. The van der Waals surface area contributed by atoms with E-state index >= 15 is 0 Å². The minimum Gasteiger partial charge on any atom is -0.505 e. The van der Waals surface area contributed by atoms with E-state index in [1.54, 1.807) is 12.1 Å². The number of anilines is 1. The smallest absolute Gasteiger partial charge is 0.416 e. The van der Waals surface area contributed by atoms with Crippen molar-refractivity contribution < 1.29 is 18.3 Å². The molecule has 0 fully saturated rings. The second kappa shape index (κ2) is 4.25. The molecule has 2 nitrogen and oxygen atoms in total. The number of para-hydroxylation sites is 1. The number of nitrogen functional groups attached to an aromatic ring is 1. The van der Waals surface area contributed by atoms with Crippen LogP contribution in [0.3, 0.4) is 0 Å². The lowest BCUT2D eigenvalue weighted by atomic mass is 10.0. The van der Waals surface area contributed by atoms with Crippen LogP contribution < -0.4 is 5.73 Å². The van der Waals surface area contributed by atoms with Gasteiger partial charge < -0.3 is 10.8 Å². The monoisotopic (exact) mass is 253 g/mol. The number of alkyl halides is 3. The molecule has 0 saturated carbocycles. The number of nitrogens with two attached hydrogens (primary N) is 1. The van der Waals surface area contributed by atoms with Gasteiger partial charge in [-0.25, -0.2) is 0 Å². The maximum absolute atomic E-state index is 12.4. The number of benzene rings is 2. The van der Waals surface area contributed by atoms with Gasteiger partial charge in [-0.1, -0.05) is 24.3 Å². The SMILES string of the molecule is Nc1cccc(-c2ccc(C(F)(F)F)cc2)c1O. The van der Waals surface area contributed by atoms with Crippen molar-refractivity contribution in [2.45, 2.75) is 6.18 Å². The van der Waals surface area contributed by atoms with Gasteiger partial charge in [0, 0.05) is 5.56 Å². The van der Waals surface area contributed by atoms with E-state index in [2.05, 4.69) is 0 Å². The standard InChI is InChI=1S/C13H10F3NO/c14-13(15,16)9-6-4-8(5-7-9)10-2-1-3-11(17)12(10)18/h1-7,18H,17H2. The topological polar surface area (TPSA) is 46.2 Å². The van der Waals surface area contributed by atoms with Crippen molar-refractivity contribution in [1.29, 1.82) is 0 Å². The molecule has 2 rings (SSSR count). The maximum Gasteiger partial charge on any atom is 0.416 e. The zero-order valence-corrected chi connectivity index (χ0v) is 9.20. The predicted molar refractivity (Wildman–Crippen MR) is 63.0 cm³/mol. The van der Waals surface area contributed by atoms with Crippen LogP contribution in [0.25, 0.3) is 11.1 Å². The molecule has 0 aromatic heterocycles. The minimum atomic E-state index is -4.36. The van der Waals surface area contributed by atoms with Crippen molar-refractivity contribution in [2.75, 3.05) is 5.73 Å². The quantitative estimate of drug-likeness (QED) is 0.601.